The summed E-state index contributed by atoms with van der Waals surface area (Å²) in [5, 5.41) is 5.52. The van der Waals surface area contributed by atoms with Crippen LogP contribution in [0.15, 0.2) is 18.2 Å². The van der Waals surface area contributed by atoms with Crippen molar-refractivity contribution >= 4 is 11.8 Å². The van der Waals surface area contributed by atoms with E-state index in [1.807, 2.05) is 32.0 Å². The highest BCUT2D eigenvalue weighted by atomic mass is 16.5. The topological polar surface area (TPSA) is 67.4 Å². The summed E-state index contributed by atoms with van der Waals surface area (Å²) >= 11 is 0. The van der Waals surface area contributed by atoms with Crippen molar-refractivity contribution in [2.75, 3.05) is 13.2 Å². The lowest BCUT2D eigenvalue weighted by molar-refractivity contribution is -0.129. The van der Waals surface area contributed by atoms with E-state index in [9.17, 15) is 9.59 Å². The molecule has 1 aliphatic rings. The number of aryl methyl sites for hydroxylation is 2. The fourth-order valence-corrected chi connectivity index (χ4v) is 2.27. The van der Waals surface area contributed by atoms with E-state index in [1.165, 1.54) is 5.56 Å². The lowest BCUT2D eigenvalue weighted by Gasteiger charge is -2.15. The van der Waals surface area contributed by atoms with Gasteiger partial charge in [0.15, 0.2) is 6.61 Å². The van der Waals surface area contributed by atoms with E-state index in [1.54, 1.807) is 0 Å². The zero-order valence-electron chi connectivity index (χ0n) is 12.6. The molecule has 0 saturated carbocycles. The molecule has 1 aliphatic heterocycles. The molecule has 1 aromatic carbocycles. The van der Waals surface area contributed by atoms with Crippen molar-refractivity contribution in [3.8, 4) is 5.75 Å². The molecular formula is C16H22N2O3. The van der Waals surface area contributed by atoms with Crippen LogP contribution in [0.3, 0.4) is 0 Å². The number of nitrogens with one attached hydrogen (secondary N) is 2. The first-order valence-corrected chi connectivity index (χ1v) is 7.33. The molecule has 21 heavy (non-hydrogen) atoms. The summed E-state index contributed by atoms with van der Waals surface area (Å²) in [6, 6.07) is 5.26. The zero-order valence-corrected chi connectivity index (χ0v) is 12.6. The highest BCUT2D eigenvalue weighted by Crippen LogP contribution is 2.16. The molecule has 1 heterocycles. The summed E-state index contributed by atoms with van der Waals surface area (Å²) in [5.41, 5.74) is 2.30. The van der Waals surface area contributed by atoms with Gasteiger partial charge in [-0.1, -0.05) is 6.07 Å². The van der Waals surface area contributed by atoms with Gasteiger partial charge in [0.1, 0.15) is 11.8 Å². The van der Waals surface area contributed by atoms with Crippen LogP contribution in [0.2, 0.25) is 0 Å². The van der Waals surface area contributed by atoms with Crippen LogP contribution >= 0.6 is 0 Å². The van der Waals surface area contributed by atoms with Gasteiger partial charge in [0, 0.05) is 6.54 Å². The molecule has 0 bridgehead atoms. The van der Waals surface area contributed by atoms with Crippen molar-refractivity contribution in [2.24, 2.45) is 0 Å². The second-order valence-electron chi connectivity index (χ2n) is 5.44. The Morgan fingerprint density at radius 2 is 2.14 bits per heavy atom. The Balaban J connectivity index is 1.83. The molecule has 5 nitrogen and oxygen atoms in total. The Labute approximate surface area is 125 Å². The smallest absolute Gasteiger partial charge is 0.258 e. The number of carbonyl (C=O) groups is 2. The van der Waals surface area contributed by atoms with E-state index < -0.39 is 6.04 Å². The molecule has 0 aliphatic carbocycles. The van der Waals surface area contributed by atoms with Gasteiger partial charge in [-0.05, 0) is 56.4 Å². The van der Waals surface area contributed by atoms with E-state index in [0.29, 0.717) is 18.7 Å². The molecule has 0 spiro atoms. The van der Waals surface area contributed by atoms with Crippen molar-refractivity contribution < 1.29 is 14.3 Å². The van der Waals surface area contributed by atoms with E-state index in [4.69, 9.17) is 4.74 Å². The Morgan fingerprint density at radius 1 is 1.33 bits per heavy atom. The lowest BCUT2D eigenvalue weighted by atomic mass is 10.1. The molecule has 1 fully saturated rings. The van der Waals surface area contributed by atoms with Gasteiger partial charge in [0.05, 0.1) is 0 Å². The Bertz CT molecular complexity index is 528. The molecule has 2 N–H and O–H groups in total. The van der Waals surface area contributed by atoms with Gasteiger partial charge in [0.25, 0.3) is 5.91 Å². The summed E-state index contributed by atoms with van der Waals surface area (Å²) in [7, 11) is 0. The van der Waals surface area contributed by atoms with E-state index in [2.05, 4.69) is 10.6 Å². The molecule has 2 rings (SSSR count). The van der Waals surface area contributed by atoms with Gasteiger partial charge in [-0.2, -0.15) is 0 Å². The molecule has 5 heteroatoms. The fraction of sp³-hybridized carbons (Fsp3) is 0.500. The van der Waals surface area contributed by atoms with Crippen LogP contribution in [-0.4, -0.2) is 31.0 Å². The largest absolute Gasteiger partial charge is 0.484 e. The number of rotatable bonds is 4. The summed E-state index contributed by atoms with van der Waals surface area (Å²) in [6.45, 7) is 4.63. The second kappa shape index (κ2) is 7.11. The highest BCUT2D eigenvalue weighted by molar-refractivity contribution is 5.88. The summed E-state index contributed by atoms with van der Waals surface area (Å²) in [4.78, 5) is 23.6. The normalized spacial score (nSPS) is 18.6. The second-order valence-corrected chi connectivity index (χ2v) is 5.44. The standard InChI is InChI=1S/C16H22N2O3/c1-11-6-7-13(9-12(11)2)21-10-15(19)18-14-5-3-4-8-17-16(14)20/h6-7,9,14H,3-5,8,10H2,1-2H3,(H,17,20)(H,18,19)/t14-/m0/s1. The highest BCUT2D eigenvalue weighted by Gasteiger charge is 2.22. The minimum absolute atomic E-state index is 0.0771. The number of amides is 2. The fourth-order valence-electron chi connectivity index (χ4n) is 2.27. The first-order valence-electron chi connectivity index (χ1n) is 7.33. The van der Waals surface area contributed by atoms with Crippen LogP contribution in [0, 0.1) is 13.8 Å². The molecule has 1 saturated heterocycles. The predicted molar refractivity (Wildman–Crippen MR) is 80.2 cm³/mol. The van der Waals surface area contributed by atoms with Crippen LogP contribution in [-0.2, 0) is 9.59 Å². The zero-order chi connectivity index (χ0) is 15.2. The summed E-state index contributed by atoms with van der Waals surface area (Å²) in [6.07, 6.45) is 2.57. The first kappa shape index (κ1) is 15.4. The van der Waals surface area contributed by atoms with Crippen LogP contribution in [0.25, 0.3) is 0 Å². The van der Waals surface area contributed by atoms with Gasteiger partial charge < -0.3 is 15.4 Å². The molecule has 2 amide bonds. The van der Waals surface area contributed by atoms with Crippen molar-refractivity contribution in [1.29, 1.82) is 0 Å². The molecule has 0 radical (unpaired) electrons. The molecule has 0 unspecified atom stereocenters. The number of ether oxygens (including phenoxy) is 1. The molecular weight excluding hydrogens is 268 g/mol. The van der Waals surface area contributed by atoms with E-state index in [-0.39, 0.29) is 18.4 Å². The van der Waals surface area contributed by atoms with Gasteiger partial charge in [0.2, 0.25) is 5.91 Å². The van der Waals surface area contributed by atoms with Crippen molar-refractivity contribution in [2.45, 2.75) is 39.2 Å². The molecule has 114 valence electrons. The van der Waals surface area contributed by atoms with Crippen LogP contribution in [0.1, 0.15) is 30.4 Å². The molecule has 1 atom stereocenters. The SMILES string of the molecule is Cc1ccc(OCC(=O)N[C@H]2CCCCNC2=O)cc1C. The predicted octanol–water partition coefficient (Wildman–Crippen LogP) is 1.47. The third-order valence-corrected chi connectivity index (χ3v) is 3.72. The van der Waals surface area contributed by atoms with Gasteiger partial charge in [-0.3, -0.25) is 9.59 Å². The molecule has 0 aromatic heterocycles. The monoisotopic (exact) mass is 290 g/mol. The Hall–Kier alpha value is -2.04. The van der Waals surface area contributed by atoms with Crippen LogP contribution in [0.5, 0.6) is 5.75 Å². The number of hydrogen-bond donors (Lipinski definition) is 2. The van der Waals surface area contributed by atoms with E-state index >= 15 is 0 Å². The third-order valence-electron chi connectivity index (χ3n) is 3.72. The molecule has 1 aromatic rings. The average molecular weight is 290 g/mol. The minimum atomic E-state index is -0.441. The first-order chi connectivity index (χ1) is 10.1. The van der Waals surface area contributed by atoms with Crippen LogP contribution in [0.4, 0.5) is 0 Å². The van der Waals surface area contributed by atoms with Crippen molar-refractivity contribution in [3.05, 3.63) is 29.3 Å². The van der Waals surface area contributed by atoms with Crippen molar-refractivity contribution in [1.82, 2.24) is 10.6 Å². The maximum atomic E-state index is 11.9. The van der Waals surface area contributed by atoms with Crippen molar-refractivity contribution in [3.63, 3.8) is 0 Å². The number of carbonyl (C=O) groups excluding carboxylic acids is 2. The average Bonchev–Trinajstić information content (AvgIpc) is 2.65. The van der Waals surface area contributed by atoms with E-state index in [0.717, 1.165) is 18.4 Å². The summed E-state index contributed by atoms with van der Waals surface area (Å²) in [5.74, 6) is 0.292. The Morgan fingerprint density at radius 3 is 2.90 bits per heavy atom. The Kier molecular flexibility index (Phi) is 5.20. The van der Waals surface area contributed by atoms with Gasteiger partial charge in [-0.15, -0.1) is 0 Å². The van der Waals surface area contributed by atoms with Crippen LogP contribution < -0.4 is 15.4 Å². The lowest BCUT2D eigenvalue weighted by Crippen LogP contribution is -2.46. The third kappa shape index (κ3) is 4.48. The maximum Gasteiger partial charge on any atom is 0.258 e. The number of hydrogen-bond acceptors (Lipinski definition) is 3. The van der Waals surface area contributed by atoms with Gasteiger partial charge in [-0.25, -0.2) is 0 Å². The maximum absolute atomic E-state index is 11.9. The quantitative estimate of drug-likeness (QED) is 0.882. The minimum Gasteiger partial charge on any atom is -0.484 e. The van der Waals surface area contributed by atoms with Gasteiger partial charge >= 0.3 is 0 Å². The number of benzene rings is 1. The summed E-state index contributed by atoms with van der Waals surface area (Å²) < 4.78 is 5.47.